The maximum atomic E-state index is 12.1. The van der Waals surface area contributed by atoms with Crippen LogP contribution < -0.4 is 4.74 Å². The Morgan fingerprint density at radius 1 is 1.36 bits per heavy atom. The van der Waals surface area contributed by atoms with E-state index in [-0.39, 0.29) is 5.78 Å². The molecule has 22 heavy (non-hydrogen) atoms. The van der Waals surface area contributed by atoms with Crippen molar-refractivity contribution in [2.75, 3.05) is 14.2 Å². The SMILES string of the molecule is CCn1cc(C(=O)/C=C/c2ccc(OC)c(COC)c2)cn1. The van der Waals surface area contributed by atoms with Gasteiger partial charge in [0.25, 0.3) is 0 Å². The average molecular weight is 300 g/mol. The quantitative estimate of drug-likeness (QED) is 0.583. The molecule has 1 heterocycles. The number of hydrogen-bond acceptors (Lipinski definition) is 4. The van der Waals surface area contributed by atoms with Gasteiger partial charge in [-0.1, -0.05) is 12.1 Å². The molecule has 0 aliphatic rings. The number of carbonyl (C=O) groups excluding carboxylic acids is 1. The molecule has 1 aromatic heterocycles. The maximum absolute atomic E-state index is 12.1. The fraction of sp³-hybridized carbons (Fsp3) is 0.294. The number of hydrogen-bond donors (Lipinski definition) is 0. The number of methoxy groups -OCH3 is 2. The van der Waals surface area contributed by atoms with Crippen LogP contribution >= 0.6 is 0 Å². The summed E-state index contributed by atoms with van der Waals surface area (Å²) in [5, 5.41) is 4.10. The predicted molar refractivity (Wildman–Crippen MR) is 85.0 cm³/mol. The number of nitrogens with zero attached hydrogens (tertiary/aromatic N) is 2. The average Bonchev–Trinajstić information content (AvgIpc) is 3.02. The lowest BCUT2D eigenvalue weighted by Gasteiger charge is -2.08. The fourth-order valence-corrected chi connectivity index (χ4v) is 2.10. The van der Waals surface area contributed by atoms with E-state index in [1.165, 1.54) is 0 Å². The highest BCUT2D eigenvalue weighted by Crippen LogP contribution is 2.21. The zero-order valence-corrected chi connectivity index (χ0v) is 13.1. The van der Waals surface area contributed by atoms with E-state index in [1.54, 1.807) is 43.4 Å². The van der Waals surface area contributed by atoms with E-state index in [0.717, 1.165) is 23.4 Å². The predicted octanol–water partition coefficient (Wildman–Crippen LogP) is 2.95. The molecule has 2 rings (SSSR count). The number of carbonyl (C=O) groups is 1. The van der Waals surface area contributed by atoms with Crippen LogP contribution in [0.5, 0.6) is 5.75 Å². The second-order valence-corrected chi connectivity index (χ2v) is 4.79. The molecule has 0 N–H and O–H groups in total. The van der Waals surface area contributed by atoms with Crippen LogP contribution in [0.15, 0.2) is 36.7 Å². The van der Waals surface area contributed by atoms with Gasteiger partial charge in [0, 0.05) is 25.4 Å². The second-order valence-electron chi connectivity index (χ2n) is 4.79. The Balaban J connectivity index is 2.15. The third-order valence-corrected chi connectivity index (χ3v) is 3.27. The highest BCUT2D eigenvalue weighted by atomic mass is 16.5. The first-order valence-corrected chi connectivity index (χ1v) is 7.08. The molecule has 5 heteroatoms. The van der Waals surface area contributed by atoms with Gasteiger partial charge >= 0.3 is 0 Å². The molecule has 0 unspecified atom stereocenters. The summed E-state index contributed by atoms with van der Waals surface area (Å²) in [4.78, 5) is 12.1. The largest absolute Gasteiger partial charge is 0.496 e. The normalized spacial score (nSPS) is 11.0. The van der Waals surface area contributed by atoms with Gasteiger partial charge in [-0.3, -0.25) is 9.48 Å². The Morgan fingerprint density at radius 2 is 2.18 bits per heavy atom. The first-order chi connectivity index (χ1) is 10.7. The van der Waals surface area contributed by atoms with Crippen LogP contribution in [0.3, 0.4) is 0 Å². The van der Waals surface area contributed by atoms with Crippen molar-refractivity contribution in [3.63, 3.8) is 0 Å². The van der Waals surface area contributed by atoms with Gasteiger partial charge in [0.2, 0.25) is 0 Å². The molecule has 0 aliphatic carbocycles. The smallest absolute Gasteiger partial charge is 0.189 e. The molecule has 0 bridgehead atoms. The Morgan fingerprint density at radius 3 is 2.82 bits per heavy atom. The summed E-state index contributed by atoms with van der Waals surface area (Å²) in [6.07, 6.45) is 6.66. The van der Waals surface area contributed by atoms with E-state index in [0.29, 0.717) is 12.2 Å². The van der Waals surface area contributed by atoms with Gasteiger partial charge in [0.15, 0.2) is 5.78 Å². The first kappa shape index (κ1) is 16.0. The third-order valence-electron chi connectivity index (χ3n) is 3.27. The molecule has 0 aliphatic heterocycles. The lowest BCUT2D eigenvalue weighted by molar-refractivity contribution is 0.104. The Hall–Kier alpha value is -2.40. The van der Waals surface area contributed by atoms with Crippen LogP contribution in [-0.2, 0) is 17.9 Å². The van der Waals surface area contributed by atoms with Crippen LogP contribution in [0.1, 0.15) is 28.4 Å². The van der Waals surface area contributed by atoms with Crippen molar-refractivity contribution in [1.29, 1.82) is 0 Å². The highest BCUT2D eigenvalue weighted by molar-refractivity contribution is 6.06. The van der Waals surface area contributed by atoms with E-state index in [1.807, 2.05) is 25.1 Å². The summed E-state index contributed by atoms with van der Waals surface area (Å²) >= 11 is 0. The highest BCUT2D eigenvalue weighted by Gasteiger charge is 2.06. The summed E-state index contributed by atoms with van der Waals surface area (Å²) in [7, 11) is 3.26. The lowest BCUT2D eigenvalue weighted by atomic mass is 10.1. The maximum Gasteiger partial charge on any atom is 0.189 e. The summed E-state index contributed by atoms with van der Waals surface area (Å²) in [5.74, 6) is 0.707. The van der Waals surface area contributed by atoms with Gasteiger partial charge in [0.1, 0.15) is 5.75 Å². The van der Waals surface area contributed by atoms with Crippen molar-refractivity contribution in [3.8, 4) is 5.75 Å². The molecule has 0 spiro atoms. The molecule has 0 amide bonds. The zero-order chi connectivity index (χ0) is 15.9. The Bertz CT molecular complexity index is 674. The standard InChI is InChI=1S/C17H20N2O3/c1-4-19-11-15(10-18-19)16(20)7-5-13-6-8-17(22-3)14(9-13)12-21-2/h5-11H,4,12H2,1-3H3/b7-5+. The second kappa shape index (κ2) is 7.56. The van der Waals surface area contributed by atoms with Crippen molar-refractivity contribution in [2.45, 2.75) is 20.1 Å². The Labute approximate surface area is 130 Å². The molecule has 0 saturated carbocycles. The van der Waals surface area contributed by atoms with Gasteiger partial charge in [-0.2, -0.15) is 5.10 Å². The molecule has 0 radical (unpaired) electrons. The lowest BCUT2D eigenvalue weighted by Crippen LogP contribution is -1.95. The minimum absolute atomic E-state index is 0.0659. The summed E-state index contributed by atoms with van der Waals surface area (Å²) in [6, 6.07) is 5.71. The van der Waals surface area contributed by atoms with Gasteiger partial charge in [-0.05, 0) is 30.7 Å². The number of ketones is 1. The Kier molecular flexibility index (Phi) is 5.49. The molecule has 0 atom stereocenters. The number of benzene rings is 1. The van der Waals surface area contributed by atoms with E-state index >= 15 is 0 Å². The fourth-order valence-electron chi connectivity index (χ4n) is 2.10. The van der Waals surface area contributed by atoms with Crippen molar-refractivity contribution >= 4 is 11.9 Å². The number of aromatic nitrogens is 2. The molecule has 5 nitrogen and oxygen atoms in total. The zero-order valence-electron chi connectivity index (χ0n) is 13.1. The molecular weight excluding hydrogens is 280 g/mol. The van der Waals surface area contributed by atoms with E-state index < -0.39 is 0 Å². The summed E-state index contributed by atoms with van der Waals surface area (Å²) in [5.41, 5.74) is 2.45. The van der Waals surface area contributed by atoms with Crippen molar-refractivity contribution in [3.05, 3.63) is 53.4 Å². The summed E-state index contributed by atoms with van der Waals surface area (Å²) < 4.78 is 12.2. The van der Waals surface area contributed by atoms with E-state index in [9.17, 15) is 4.79 Å². The minimum Gasteiger partial charge on any atom is -0.496 e. The van der Waals surface area contributed by atoms with Crippen molar-refractivity contribution in [1.82, 2.24) is 9.78 Å². The molecule has 0 saturated heterocycles. The van der Waals surface area contributed by atoms with Gasteiger partial charge < -0.3 is 9.47 Å². The van der Waals surface area contributed by atoms with Gasteiger partial charge in [0.05, 0.1) is 25.5 Å². The molecule has 2 aromatic rings. The van der Waals surface area contributed by atoms with Crippen LogP contribution in [-0.4, -0.2) is 29.8 Å². The van der Waals surface area contributed by atoms with Crippen molar-refractivity contribution < 1.29 is 14.3 Å². The number of aryl methyl sites for hydroxylation is 1. The van der Waals surface area contributed by atoms with Crippen molar-refractivity contribution in [2.24, 2.45) is 0 Å². The third kappa shape index (κ3) is 3.83. The van der Waals surface area contributed by atoms with Gasteiger partial charge in [-0.25, -0.2) is 0 Å². The van der Waals surface area contributed by atoms with E-state index in [4.69, 9.17) is 9.47 Å². The minimum atomic E-state index is -0.0659. The monoisotopic (exact) mass is 300 g/mol. The number of ether oxygens (including phenoxy) is 2. The molecule has 0 fully saturated rings. The first-order valence-electron chi connectivity index (χ1n) is 7.08. The molecule has 1 aromatic carbocycles. The van der Waals surface area contributed by atoms with E-state index in [2.05, 4.69) is 5.10 Å². The van der Waals surface area contributed by atoms with Gasteiger partial charge in [-0.15, -0.1) is 0 Å². The number of allylic oxidation sites excluding steroid dienone is 1. The summed E-state index contributed by atoms with van der Waals surface area (Å²) in [6.45, 7) is 3.18. The van der Waals surface area contributed by atoms with Crippen LogP contribution in [0, 0.1) is 0 Å². The topological polar surface area (TPSA) is 53.4 Å². The van der Waals surface area contributed by atoms with Crippen LogP contribution in [0.2, 0.25) is 0 Å². The molecule has 116 valence electrons. The van der Waals surface area contributed by atoms with Crippen LogP contribution in [0.25, 0.3) is 6.08 Å². The molecular formula is C17H20N2O3. The van der Waals surface area contributed by atoms with Crippen LogP contribution in [0.4, 0.5) is 0 Å². The number of rotatable bonds is 7.